The van der Waals surface area contributed by atoms with E-state index in [1.54, 1.807) is 6.92 Å². The second kappa shape index (κ2) is 7.22. The third-order valence-corrected chi connectivity index (χ3v) is 2.45. The first kappa shape index (κ1) is 16.4. The molecule has 0 heterocycles. The number of urea groups is 1. The summed E-state index contributed by atoms with van der Waals surface area (Å²) < 4.78 is 18.2. The Morgan fingerprint density at radius 3 is 2.62 bits per heavy atom. The van der Waals surface area contributed by atoms with E-state index in [4.69, 9.17) is 9.84 Å². The molecule has 0 aliphatic rings. The van der Waals surface area contributed by atoms with Gasteiger partial charge in [0, 0.05) is 0 Å². The molecule has 1 aromatic carbocycles. The van der Waals surface area contributed by atoms with Crippen LogP contribution in [0.4, 0.5) is 14.9 Å². The highest BCUT2D eigenvalue weighted by molar-refractivity contribution is 5.94. The molecule has 0 saturated carbocycles. The summed E-state index contributed by atoms with van der Waals surface area (Å²) in [7, 11) is 0. The van der Waals surface area contributed by atoms with Gasteiger partial charge in [0.15, 0.2) is 0 Å². The quantitative estimate of drug-likeness (QED) is 0.716. The minimum absolute atomic E-state index is 0.168. The number of anilines is 1. The fourth-order valence-corrected chi connectivity index (χ4v) is 1.44. The maximum Gasteiger partial charge on any atom is 0.335 e. The average molecular weight is 298 g/mol. The number of carbonyl (C=O) groups excluding carboxylic acids is 2. The van der Waals surface area contributed by atoms with E-state index in [0.717, 1.165) is 18.2 Å². The van der Waals surface area contributed by atoms with Gasteiger partial charge >= 0.3 is 18.0 Å². The molecule has 0 spiro atoms. The molecule has 0 aliphatic heterocycles. The molecule has 1 unspecified atom stereocenters. The monoisotopic (exact) mass is 298 g/mol. The number of amides is 2. The SMILES string of the molecule is CCOC(=O)C(C)NC(=O)Nc1cc(C(=O)O)ccc1F. The lowest BCUT2D eigenvalue weighted by Gasteiger charge is -2.14. The Hall–Kier alpha value is -2.64. The molecule has 0 bridgehead atoms. The van der Waals surface area contributed by atoms with Crippen molar-refractivity contribution >= 4 is 23.7 Å². The first-order valence-electron chi connectivity index (χ1n) is 6.12. The van der Waals surface area contributed by atoms with Gasteiger partial charge in [-0.2, -0.15) is 0 Å². The van der Waals surface area contributed by atoms with Crippen LogP contribution in [-0.2, 0) is 9.53 Å². The predicted molar refractivity (Wildman–Crippen MR) is 71.6 cm³/mol. The van der Waals surface area contributed by atoms with Crippen molar-refractivity contribution in [2.24, 2.45) is 0 Å². The van der Waals surface area contributed by atoms with Gasteiger partial charge in [-0.3, -0.25) is 0 Å². The van der Waals surface area contributed by atoms with Gasteiger partial charge in [0.05, 0.1) is 17.9 Å². The van der Waals surface area contributed by atoms with Crippen molar-refractivity contribution in [1.29, 1.82) is 0 Å². The van der Waals surface area contributed by atoms with Gasteiger partial charge in [-0.15, -0.1) is 0 Å². The maximum atomic E-state index is 13.5. The fourth-order valence-electron chi connectivity index (χ4n) is 1.44. The van der Waals surface area contributed by atoms with Crippen LogP contribution in [-0.4, -0.2) is 35.7 Å². The zero-order valence-corrected chi connectivity index (χ0v) is 11.5. The Labute approximate surface area is 120 Å². The number of hydrogen-bond donors (Lipinski definition) is 3. The van der Waals surface area contributed by atoms with Gasteiger partial charge in [0.25, 0.3) is 0 Å². The third-order valence-electron chi connectivity index (χ3n) is 2.45. The van der Waals surface area contributed by atoms with E-state index in [2.05, 4.69) is 10.6 Å². The summed E-state index contributed by atoms with van der Waals surface area (Å²) in [6, 6.07) is 1.20. The van der Waals surface area contributed by atoms with Crippen LogP contribution < -0.4 is 10.6 Å². The van der Waals surface area contributed by atoms with E-state index >= 15 is 0 Å². The average Bonchev–Trinajstić information content (AvgIpc) is 2.41. The molecule has 2 amide bonds. The number of rotatable bonds is 5. The van der Waals surface area contributed by atoms with Crippen LogP contribution >= 0.6 is 0 Å². The molecule has 0 radical (unpaired) electrons. The van der Waals surface area contributed by atoms with Crippen LogP contribution in [0.2, 0.25) is 0 Å². The lowest BCUT2D eigenvalue weighted by Crippen LogP contribution is -2.42. The van der Waals surface area contributed by atoms with E-state index in [0.29, 0.717) is 0 Å². The van der Waals surface area contributed by atoms with E-state index < -0.39 is 29.8 Å². The highest BCUT2D eigenvalue weighted by Gasteiger charge is 2.17. The lowest BCUT2D eigenvalue weighted by atomic mass is 10.2. The molecular weight excluding hydrogens is 283 g/mol. The summed E-state index contributed by atoms with van der Waals surface area (Å²) in [4.78, 5) is 33.7. The van der Waals surface area contributed by atoms with Gasteiger partial charge in [-0.25, -0.2) is 18.8 Å². The molecule has 0 aromatic heterocycles. The molecule has 3 N–H and O–H groups in total. The van der Waals surface area contributed by atoms with Crippen LogP contribution in [0.25, 0.3) is 0 Å². The molecule has 1 atom stereocenters. The number of hydrogen-bond acceptors (Lipinski definition) is 4. The summed E-state index contributed by atoms with van der Waals surface area (Å²) in [6.45, 7) is 3.20. The van der Waals surface area contributed by atoms with Crippen molar-refractivity contribution in [3.63, 3.8) is 0 Å². The van der Waals surface area contributed by atoms with Crippen molar-refractivity contribution < 1.29 is 28.6 Å². The van der Waals surface area contributed by atoms with Crippen LogP contribution in [0.1, 0.15) is 24.2 Å². The maximum absolute atomic E-state index is 13.5. The van der Waals surface area contributed by atoms with E-state index in [1.165, 1.54) is 6.92 Å². The lowest BCUT2D eigenvalue weighted by molar-refractivity contribution is -0.144. The molecule has 21 heavy (non-hydrogen) atoms. The zero-order valence-electron chi connectivity index (χ0n) is 11.5. The Morgan fingerprint density at radius 1 is 1.38 bits per heavy atom. The molecule has 8 heteroatoms. The molecular formula is C13H15FN2O5. The van der Waals surface area contributed by atoms with Crippen molar-refractivity contribution in [2.45, 2.75) is 19.9 Å². The molecule has 1 aromatic rings. The Kier molecular flexibility index (Phi) is 5.65. The van der Waals surface area contributed by atoms with E-state index in [1.807, 2.05) is 0 Å². The highest BCUT2D eigenvalue weighted by Crippen LogP contribution is 2.16. The van der Waals surface area contributed by atoms with Gasteiger partial charge in [0.2, 0.25) is 0 Å². The highest BCUT2D eigenvalue weighted by atomic mass is 19.1. The van der Waals surface area contributed by atoms with Gasteiger partial charge in [-0.05, 0) is 32.0 Å². The summed E-state index contributed by atoms with van der Waals surface area (Å²) in [5.74, 6) is -2.68. The van der Waals surface area contributed by atoms with Gasteiger partial charge in [-0.1, -0.05) is 0 Å². The van der Waals surface area contributed by atoms with Crippen LogP contribution in [0.15, 0.2) is 18.2 Å². The van der Waals surface area contributed by atoms with E-state index in [-0.39, 0.29) is 17.9 Å². The van der Waals surface area contributed by atoms with E-state index in [9.17, 15) is 18.8 Å². The standard InChI is InChI=1S/C13H15FN2O5/c1-3-21-12(19)7(2)15-13(20)16-10-6-8(11(17)18)4-5-9(10)14/h4-7H,3H2,1-2H3,(H,17,18)(H2,15,16,20). The van der Waals surface area contributed by atoms with Crippen LogP contribution in [0.3, 0.4) is 0 Å². The predicted octanol–water partition coefficient (Wildman–Crippen LogP) is 1.60. The number of carboxylic acids is 1. The number of ether oxygens (including phenoxy) is 1. The number of nitrogens with one attached hydrogen (secondary N) is 2. The number of aromatic carboxylic acids is 1. The number of esters is 1. The molecule has 7 nitrogen and oxygen atoms in total. The summed E-state index contributed by atoms with van der Waals surface area (Å²) >= 11 is 0. The second-order valence-corrected chi connectivity index (χ2v) is 4.07. The minimum atomic E-state index is -1.25. The van der Waals surface area contributed by atoms with Crippen LogP contribution in [0, 0.1) is 5.82 Å². The van der Waals surface area contributed by atoms with Crippen molar-refractivity contribution in [1.82, 2.24) is 5.32 Å². The molecule has 0 aliphatic carbocycles. The summed E-state index contributed by atoms with van der Waals surface area (Å²) in [5.41, 5.74) is -0.478. The molecule has 0 saturated heterocycles. The van der Waals surface area contributed by atoms with Gasteiger partial charge < -0.3 is 20.5 Å². The number of carbonyl (C=O) groups is 3. The Bertz CT molecular complexity index is 561. The third kappa shape index (κ3) is 4.75. The molecule has 114 valence electrons. The Morgan fingerprint density at radius 2 is 2.05 bits per heavy atom. The van der Waals surface area contributed by atoms with Crippen molar-refractivity contribution in [2.75, 3.05) is 11.9 Å². The second-order valence-electron chi connectivity index (χ2n) is 4.07. The number of halogens is 1. The zero-order chi connectivity index (χ0) is 16.0. The summed E-state index contributed by atoms with van der Waals surface area (Å²) in [5, 5.41) is 13.2. The largest absolute Gasteiger partial charge is 0.478 e. The number of benzene rings is 1. The summed E-state index contributed by atoms with van der Waals surface area (Å²) in [6.07, 6.45) is 0. The van der Waals surface area contributed by atoms with Gasteiger partial charge in [0.1, 0.15) is 11.9 Å². The molecule has 1 rings (SSSR count). The normalized spacial score (nSPS) is 11.4. The Balaban J connectivity index is 2.72. The van der Waals surface area contributed by atoms with Crippen molar-refractivity contribution in [3.8, 4) is 0 Å². The van der Waals surface area contributed by atoms with Crippen molar-refractivity contribution in [3.05, 3.63) is 29.6 Å². The smallest absolute Gasteiger partial charge is 0.335 e. The first-order valence-corrected chi connectivity index (χ1v) is 6.12. The molecule has 0 fully saturated rings. The topological polar surface area (TPSA) is 105 Å². The fraction of sp³-hybridized carbons (Fsp3) is 0.308. The van der Waals surface area contributed by atoms with Crippen LogP contribution in [0.5, 0.6) is 0 Å². The minimum Gasteiger partial charge on any atom is -0.478 e. The first-order chi connectivity index (χ1) is 9.85. The number of carboxylic acid groups (broad SMARTS) is 1.